The van der Waals surface area contributed by atoms with Crippen molar-refractivity contribution in [2.75, 3.05) is 11.9 Å². The highest BCUT2D eigenvalue weighted by Crippen LogP contribution is 2.43. The van der Waals surface area contributed by atoms with Gasteiger partial charge in [-0.3, -0.25) is 4.98 Å². The third kappa shape index (κ3) is 3.17. The van der Waals surface area contributed by atoms with E-state index >= 15 is 0 Å². The summed E-state index contributed by atoms with van der Waals surface area (Å²) in [4.78, 5) is 4.25. The Morgan fingerprint density at radius 2 is 2.04 bits per heavy atom. The topological polar surface area (TPSA) is 70.9 Å². The lowest BCUT2D eigenvalue weighted by Gasteiger charge is -2.41. The van der Waals surface area contributed by atoms with E-state index < -0.39 is 5.60 Å². The fourth-order valence-corrected chi connectivity index (χ4v) is 2.89. The number of hydrogen-bond donors (Lipinski definition) is 2. The van der Waals surface area contributed by atoms with Gasteiger partial charge in [0.05, 0.1) is 11.4 Å². The summed E-state index contributed by atoms with van der Waals surface area (Å²) < 4.78 is 14.1. The van der Waals surface area contributed by atoms with Gasteiger partial charge in [-0.2, -0.15) is 5.10 Å². The molecule has 0 bridgehead atoms. The maximum atomic E-state index is 14.1. The summed E-state index contributed by atoms with van der Waals surface area (Å²) in [6.45, 7) is 3.89. The number of aromatic nitrogens is 3. The number of rotatable bonds is 5. The molecule has 1 saturated carbocycles. The fourth-order valence-electron chi connectivity index (χ4n) is 2.89. The molecule has 5 nitrogen and oxygen atoms in total. The van der Waals surface area contributed by atoms with Gasteiger partial charge in [-0.15, -0.1) is 5.10 Å². The average molecular weight is 316 g/mol. The highest BCUT2D eigenvalue weighted by Gasteiger charge is 2.41. The van der Waals surface area contributed by atoms with Gasteiger partial charge in [-0.1, -0.05) is 6.42 Å². The monoisotopic (exact) mass is 316 g/mol. The van der Waals surface area contributed by atoms with Crippen molar-refractivity contribution in [3.63, 3.8) is 0 Å². The van der Waals surface area contributed by atoms with Crippen LogP contribution in [0.2, 0.25) is 0 Å². The average Bonchev–Trinajstić information content (AvgIpc) is 2.47. The Labute approximate surface area is 135 Å². The molecule has 0 aliphatic heterocycles. The van der Waals surface area contributed by atoms with Crippen molar-refractivity contribution in [2.24, 2.45) is 0 Å². The second kappa shape index (κ2) is 5.85. The van der Waals surface area contributed by atoms with Crippen LogP contribution < -0.4 is 5.32 Å². The van der Waals surface area contributed by atoms with Crippen LogP contribution in [-0.2, 0) is 11.0 Å². The molecule has 2 aromatic heterocycles. The second-order valence-corrected chi connectivity index (χ2v) is 6.68. The van der Waals surface area contributed by atoms with E-state index in [0.717, 1.165) is 19.3 Å². The van der Waals surface area contributed by atoms with Crippen LogP contribution in [0.25, 0.3) is 0 Å². The molecule has 0 aromatic carbocycles. The lowest BCUT2D eigenvalue weighted by Crippen LogP contribution is -2.42. The van der Waals surface area contributed by atoms with Gasteiger partial charge >= 0.3 is 0 Å². The molecule has 1 aliphatic rings. The van der Waals surface area contributed by atoms with E-state index in [0.29, 0.717) is 23.8 Å². The quantitative estimate of drug-likeness (QED) is 0.887. The predicted octanol–water partition coefficient (Wildman–Crippen LogP) is 2.77. The molecule has 2 N–H and O–H groups in total. The third-order valence-electron chi connectivity index (χ3n) is 4.47. The molecule has 0 spiro atoms. The van der Waals surface area contributed by atoms with Crippen molar-refractivity contribution < 1.29 is 9.50 Å². The molecule has 3 rings (SSSR count). The van der Waals surface area contributed by atoms with E-state index in [1.807, 2.05) is 0 Å². The van der Waals surface area contributed by atoms with Gasteiger partial charge < -0.3 is 10.4 Å². The van der Waals surface area contributed by atoms with Crippen LogP contribution in [0, 0.1) is 5.82 Å². The van der Waals surface area contributed by atoms with Crippen LogP contribution >= 0.6 is 0 Å². The summed E-state index contributed by atoms with van der Waals surface area (Å²) in [5, 5.41) is 21.2. The van der Waals surface area contributed by atoms with Crippen molar-refractivity contribution in [1.29, 1.82) is 0 Å². The standard InChI is InChI=1S/C17H21FN4O/c1-16(2,23)13-6-7-14(22-21-13)20-11-17(8-4-9-17)15-12(18)5-3-10-19-15/h3,5-7,10,23H,4,8-9,11H2,1-2H3,(H,20,22). The number of nitrogens with zero attached hydrogens (tertiary/aromatic N) is 3. The Hall–Kier alpha value is -2.08. The van der Waals surface area contributed by atoms with Gasteiger partial charge in [0, 0.05) is 18.2 Å². The first-order valence-electron chi connectivity index (χ1n) is 7.82. The van der Waals surface area contributed by atoms with Crippen LogP contribution in [0.5, 0.6) is 0 Å². The molecule has 122 valence electrons. The third-order valence-corrected chi connectivity index (χ3v) is 4.47. The first-order valence-corrected chi connectivity index (χ1v) is 7.82. The Kier molecular flexibility index (Phi) is 4.02. The number of hydrogen-bond acceptors (Lipinski definition) is 5. The minimum atomic E-state index is -1.02. The van der Waals surface area contributed by atoms with Crippen LogP contribution in [-0.4, -0.2) is 26.8 Å². The number of nitrogens with one attached hydrogen (secondary N) is 1. The maximum absolute atomic E-state index is 14.1. The summed E-state index contributed by atoms with van der Waals surface area (Å²) in [6.07, 6.45) is 4.52. The minimum absolute atomic E-state index is 0.252. The molecule has 0 atom stereocenters. The molecule has 0 unspecified atom stereocenters. The first-order chi connectivity index (χ1) is 10.9. The van der Waals surface area contributed by atoms with Gasteiger partial charge in [0.15, 0.2) is 0 Å². The Morgan fingerprint density at radius 3 is 2.57 bits per heavy atom. The summed E-state index contributed by atoms with van der Waals surface area (Å²) in [5.41, 5.74) is -0.253. The molecule has 2 aromatic rings. The second-order valence-electron chi connectivity index (χ2n) is 6.68. The number of pyridine rings is 1. The van der Waals surface area contributed by atoms with Crippen molar-refractivity contribution in [2.45, 2.75) is 44.1 Å². The molecule has 6 heteroatoms. The summed E-state index contributed by atoms with van der Waals surface area (Å²) >= 11 is 0. The van der Waals surface area contributed by atoms with Gasteiger partial charge in [0.2, 0.25) is 0 Å². The first kappa shape index (κ1) is 15.8. The largest absolute Gasteiger partial charge is 0.384 e. The van der Waals surface area contributed by atoms with Gasteiger partial charge in [-0.05, 0) is 51.0 Å². The van der Waals surface area contributed by atoms with Crippen LogP contribution in [0.4, 0.5) is 10.2 Å². The van der Waals surface area contributed by atoms with Gasteiger partial charge in [-0.25, -0.2) is 4.39 Å². The van der Waals surface area contributed by atoms with Gasteiger partial charge in [0.1, 0.15) is 17.2 Å². The summed E-state index contributed by atoms with van der Waals surface area (Å²) in [7, 11) is 0. The summed E-state index contributed by atoms with van der Waals surface area (Å²) in [6, 6.07) is 6.59. The highest BCUT2D eigenvalue weighted by atomic mass is 19.1. The minimum Gasteiger partial charge on any atom is -0.384 e. The Balaban J connectivity index is 1.73. The van der Waals surface area contributed by atoms with E-state index in [2.05, 4.69) is 20.5 Å². The molecule has 2 heterocycles. The molecule has 0 radical (unpaired) electrons. The van der Waals surface area contributed by atoms with Crippen molar-refractivity contribution >= 4 is 5.82 Å². The SMILES string of the molecule is CC(C)(O)c1ccc(NCC2(c3ncccc3F)CCC2)nn1. The lowest BCUT2D eigenvalue weighted by atomic mass is 9.66. The number of halogens is 1. The van der Waals surface area contributed by atoms with Crippen molar-refractivity contribution in [3.05, 3.63) is 47.7 Å². The fraction of sp³-hybridized carbons (Fsp3) is 0.471. The van der Waals surface area contributed by atoms with E-state index in [1.165, 1.54) is 6.07 Å². The van der Waals surface area contributed by atoms with E-state index in [4.69, 9.17) is 0 Å². The number of aliphatic hydroxyl groups is 1. The van der Waals surface area contributed by atoms with Gasteiger partial charge in [0.25, 0.3) is 0 Å². The Bertz CT molecular complexity index is 678. The van der Waals surface area contributed by atoms with E-state index in [1.54, 1.807) is 38.2 Å². The molecule has 1 aliphatic carbocycles. The zero-order valence-electron chi connectivity index (χ0n) is 13.4. The normalized spacial score (nSPS) is 16.7. The summed E-state index contributed by atoms with van der Waals surface area (Å²) in [5.74, 6) is 0.359. The molecule has 0 saturated heterocycles. The zero-order valence-corrected chi connectivity index (χ0v) is 13.4. The maximum Gasteiger partial charge on any atom is 0.148 e. The molecule has 0 amide bonds. The molecular weight excluding hydrogens is 295 g/mol. The van der Waals surface area contributed by atoms with E-state index in [-0.39, 0.29) is 11.2 Å². The number of anilines is 1. The van der Waals surface area contributed by atoms with Crippen LogP contribution in [0.15, 0.2) is 30.5 Å². The lowest BCUT2D eigenvalue weighted by molar-refractivity contribution is 0.0729. The van der Waals surface area contributed by atoms with Crippen LogP contribution in [0.3, 0.4) is 0 Å². The molecular formula is C17H21FN4O. The smallest absolute Gasteiger partial charge is 0.148 e. The Morgan fingerprint density at radius 1 is 1.26 bits per heavy atom. The predicted molar refractivity (Wildman–Crippen MR) is 85.5 cm³/mol. The zero-order chi connectivity index (χ0) is 16.5. The molecule has 23 heavy (non-hydrogen) atoms. The van der Waals surface area contributed by atoms with Crippen molar-refractivity contribution in [3.8, 4) is 0 Å². The van der Waals surface area contributed by atoms with E-state index in [9.17, 15) is 9.50 Å². The van der Waals surface area contributed by atoms with Crippen LogP contribution in [0.1, 0.15) is 44.5 Å². The molecule has 1 fully saturated rings. The van der Waals surface area contributed by atoms with Crippen molar-refractivity contribution in [1.82, 2.24) is 15.2 Å². The highest BCUT2D eigenvalue weighted by molar-refractivity contribution is 5.36.